The summed E-state index contributed by atoms with van der Waals surface area (Å²) in [5.41, 5.74) is 2.14. The largest absolute Gasteiger partial charge is 0.543 e. The number of hydrogen-bond donors (Lipinski definition) is 0. The van der Waals surface area contributed by atoms with Crippen molar-refractivity contribution in [3.8, 4) is 11.9 Å². The molecule has 1 aromatic heterocycles. The van der Waals surface area contributed by atoms with Crippen molar-refractivity contribution in [3.05, 3.63) is 57.9 Å². The minimum atomic E-state index is -2.24. The van der Waals surface area contributed by atoms with Gasteiger partial charge < -0.3 is 9.16 Å². The lowest BCUT2D eigenvalue weighted by Gasteiger charge is -2.38. The van der Waals surface area contributed by atoms with Gasteiger partial charge in [0, 0.05) is 16.8 Å². The maximum absolute atomic E-state index is 13.7. The predicted molar refractivity (Wildman–Crippen MR) is 124 cm³/mol. The van der Waals surface area contributed by atoms with Crippen molar-refractivity contribution < 1.29 is 18.8 Å². The molecule has 0 aliphatic heterocycles. The van der Waals surface area contributed by atoms with Crippen LogP contribution in [0.3, 0.4) is 0 Å². The Morgan fingerprint density at radius 2 is 1.81 bits per heavy atom. The molecule has 0 bridgehead atoms. The van der Waals surface area contributed by atoms with Crippen LogP contribution in [0, 0.1) is 17.4 Å². The number of ketones is 2. The van der Waals surface area contributed by atoms with Crippen LogP contribution in [0.1, 0.15) is 70.9 Å². The quantitative estimate of drug-likeness (QED) is 0.517. The summed E-state index contributed by atoms with van der Waals surface area (Å²) in [4.78, 5) is 27.3. The molecular weight excluding hydrogens is 420 g/mol. The van der Waals surface area contributed by atoms with E-state index in [1.54, 1.807) is 18.2 Å². The molecule has 0 N–H and O–H groups in total. The second kappa shape index (κ2) is 7.21. The normalized spacial score (nSPS) is 17.7. The molecule has 2 aliphatic carbocycles. The van der Waals surface area contributed by atoms with Crippen LogP contribution in [-0.2, 0) is 10.8 Å². The second-order valence-electron chi connectivity index (χ2n) is 10.1. The van der Waals surface area contributed by atoms with Gasteiger partial charge in [0.05, 0.1) is 18.2 Å². The molecule has 0 spiro atoms. The standard InChI is InChI=1S/C25H28N2O4Si/c1-14-11-16-20(18(12-14)31-32(6,7)25(2,3)4)21-22(27(16)13-26)24(29)19-15(23(21)28)9-8-10-17(19)30-5/h8-10,12,14H,11H2,1-7H3. The molecule has 1 atom stereocenters. The zero-order valence-electron chi connectivity index (χ0n) is 19.6. The minimum Gasteiger partial charge on any atom is -0.543 e. The molecule has 0 saturated heterocycles. The van der Waals surface area contributed by atoms with Gasteiger partial charge in [-0.2, -0.15) is 5.26 Å². The number of rotatable bonds is 3. The highest BCUT2D eigenvalue weighted by molar-refractivity contribution is 6.74. The van der Waals surface area contributed by atoms with Gasteiger partial charge >= 0.3 is 0 Å². The van der Waals surface area contributed by atoms with Crippen molar-refractivity contribution in [1.29, 1.82) is 5.26 Å². The highest BCUT2D eigenvalue weighted by Crippen LogP contribution is 2.46. The molecule has 4 rings (SSSR count). The van der Waals surface area contributed by atoms with Gasteiger partial charge in [0.2, 0.25) is 14.1 Å². The zero-order valence-corrected chi connectivity index (χ0v) is 20.6. The number of carbonyl (C=O) groups is 2. The molecule has 1 unspecified atom stereocenters. The number of benzene rings is 1. The second-order valence-corrected chi connectivity index (χ2v) is 14.8. The smallest absolute Gasteiger partial charge is 0.250 e. The van der Waals surface area contributed by atoms with Crippen LogP contribution in [0.4, 0.5) is 0 Å². The van der Waals surface area contributed by atoms with E-state index in [-0.39, 0.29) is 39.3 Å². The molecule has 2 aromatic rings. The Morgan fingerprint density at radius 3 is 2.41 bits per heavy atom. The molecular formula is C25H28N2O4Si. The maximum Gasteiger partial charge on any atom is 0.250 e. The van der Waals surface area contributed by atoms with E-state index in [0.29, 0.717) is 34.8 Å². The third-order valence-corrected chi connectivity index (χ3v) is 11.2. The third kappa shape index (κ3) is 3.05. The topological polar surface area (TPSA) is 81.3 Å². The fourth-order valence-electron chi connectivity index (χ4n) is 4.22. The van der Waals surface area contributed by atoms with Crippen molar-refractivity contribution in [1.82, 2.24) is 4.57 Å². The van der Waals surface area contributed by atoms with Gasteiger partial charge in [-0.15, -0.1) is 0 Å². The Hall–Kier alpha value is -3.11. The molecule has 0 amide bonds. The van der Waals surface area contributed by atoms with E-state index in [1.165, 1.54) is 11.7 Å². The van der Waals surface area contributed by atoms with Crippen LogP contribution >= 0.6 is 0 Å². The summed E-state index contributed by atoms with van der Waals surface area (Å²) in [5.74, 6) is 0.396. The molecule has 2 aliphatic rings. The van der Waals surface area contributed by atoms with E-state index in [1.807, 2.05) is 13.0 Å². The molecule has 0 fully saturated rings. The summed E-state index contributed by atoms with van der Waals surface area (Å²) < 4.78 is 13.4. The van der Waals surface area contributed by atoms with Crippen LogP contribution in [-0.4, -0.2) is 31.6 Å². The number of hydrogen-bond acceptors (Lipinski definition) is 5. The van der Waals surface area contributed by atoms with Gasteiger partial charge in [-0.05, 0) is 42.6 Å². The average Bonchev–Trinajstić information content (AvgIpc) is 3.04. The molecule has 0 saturated carbocycles. The van der Waals surface area contributed by atoms with Gasteiger partial charge in [0.25, 0.3) is 0 Å². The van der Waals surface area contributed by atoms with Gasteiger partial charge in [-0.1, -0.05) is 39.8 Å². The van der Waals surface area contributed by atoms with Gasteiger partial charge in [-0.25, -0.2) is 4.57 Å². The Kier molecular flexibility index (Phi) is 4.98. The number of aromatic nitrogens is 1. The fraction of sp³-hybridized carbons (Fsp3) is 0.400. The van der Waals surface area contributed by atoms with Crippen molar-refractivity contribution in [2.45, 2.75) is 52.2 Å². The molecule has 0 radical (unpaired) electrons. The van der Waals surface area contributed by atoms with Crippen molar-refractivity contribution in [2.75, 3.05) is 7.11 Å². The van der Waals surface area contributed by atoms with Crippen LogP contribution in [0.15, 0.2) is 24.3 Å². The van der Waals surface area contributed by atoms with E-state index >= 15 is 0 Å². The van der Waals surface area contributed by atoms with Crippen LogP contribution < -0.4 is 4.74 Å². The number of nitrogens with zero attached hydrogens (tertiary/aromatic N) is 2. The summed E-state index contributed by atoms with van der Waals surface area (Å²) >= 11 is 0. The summed E-state index contributed by atoms with van der Waals surface area (Å²) in [5, 5.41) is 9.97. The number of allylic oxidation sites excluding steroid dienone is 1. The number of methoxy groups -OCH3 is 1. The number of fused-ring (bicyclic) bond motifs is 4. The van der Waals surface area contributed by atoms with Crippen LogP contribution in [0.2, 0.25) is 18.1 Å². The first-order chi connectivity index (χ1) is 14.9. The third-order valence-electron chi connectivity index (χ3n) is 6.90. The first kappa shape index (κ1) is 22.1. The monoisotopic (exact) mass is 448 g/mol. The van der Waals surface area contributed by atoms with Crippen molar-refractivity contribution in [3.63, 3.8) is 0 Å². The highest BCUT2D eigenvalue weighted by atomic mass is 28.4. The molecule has 32 heavy (non-hydrogen) atoms. The van der Waals surface area contributed by atoms with Gasteiger partial charge in [0.15, 0.2) is 12.0 Å². The van der Waals surface area contributed by atoms with E-state index in [4.69, 9.17) is 9.16 Å². The summed E-state index contributed by atoms with van der Waals surface area (Å²) in [6.07, 6.45) is 4.73. The molecule has 6 nitrogen and oxygen atoms in total. The number of ether oxygens (including phenoxy) is 1. The van der Waals surface area contributed by atoms with Crippen molar-refractivity contribution >= 4 is 25.6 Å². The maximum atomic E-state index is 13.7. The van der Waals surface area contributed by atoms with E-state index in [0.717, 1.165) is 0 Å². The Morgan fingerprint density at radius 1 is 1.12 bits per heavy atom. The van der Waals surface area contributed by atoms with E-state index in [2.05, 4.69) is 40.1 Å². The molecule has 1 aromatic carbocycles. The Balaban J connectivity index is 1.99. The first-order valence-corrected chi connectivity index (χ1v) is 13.7. The summed E-state index contributed by atoms with van der Waals surface area (Å²) in [6, 6.07) is 5.00. The number of carbonyl (C=O) groups excluding carboxylic acids is 2. The SMILES string of the molecule is COc1cccc2c1C(=O)c1c(c3c(n1C#N)CC(C)C=C3O[Si](C)(C)C(C)(C)C)C2=O. The van der Waals surface area contributed by atoms with Gasteiger partial charge in [-0.3, -0.25) is 9.59 Å². The minimum absolute atomic E-state index is 0.0493. The first-order valence-electron chi connectivity index (χ1n) is 10.8. The number of nitriles is 1. The summed E-state index contributed by atoms with van der Waals surface area (Å²) in [6.45, 7) is 12.8. The van der Waals surface area contributed by atoms with Crippen molar-refractivity contribution in [2.24, 2.45) is 5.92 Å². The Bertz CT molecular complexity index is 1240. The molecule has 166 valence electrons. The summed E-state index contributed by atoms with van der Waals surface area (Å²) in [7, 11) is -0.774. The van der Waals surface area contributed by atoms with E-state index in [9.17, 15) is 14.9 Å². The van der Waals surface area contributed by atoms with Crippen LogP contribution in [0.5, 0.6) is 5.75 Å². The Labute approximate surface area is 189 Å². The molecule has 7 heteroatoms. The average molecular weight is 449 g/mol. The highest BCUT2D eigenvalue weighted by Gasteiger charge is 2.45. The van der Waals surface area contributed by atoms with E-state index < -0.39 is 8.32 Å². The lowest BCUT2D eigenvalue weighted by Crippen LogP contribution is -2.40. The predicted octanol–water partition coefficient (Wildman–Crippen LogP) is 5.16. The lowest BCUT2D eigenvalue weighted by molar-refractivity contribution is 0.0972. The zero-order chi connectivity index (χ0) is 23.6. The van der Waals surface area contributed by atoms with Crippen LogP contribution in [0.25, 0.3) is 5.76 Å². The fourth-order valence-corrected chi connectivity index (χ4v) is 5.25. The molecule has 1 heterocycles. The van der Waals surface area contributed by atoms with Gasteiger partial charge in [0.1, 0.15) is 17.2 Å². The lowest BCUT2D eigenvalue weighted by atomic mass is 9.83.